The number of rotatable bonds is 5. The van der Waals surface area contributed by atoms with Gasteiger partial charge in [-0.1, -0.05) is 170 Å². The van der Waals surface area contributed by atoms with Gasteiger partial charge in [-0.2, -0.15) is 0 Å². The molecule has 8 aromatic rings. The van der Waals surface area contributed by atoms with Crippen molar-refractivity contribution in [1.82, 2.24) is 15.0 Å². The lowest BCUT2D eigenvalue weighted by molar-refractivity contribution is 0.775. The predicted octanol–water partition coefficient (Wildman–Crippen LogP) is 10.4. The molecular formula is C44H29N3. The molecule has 7 aromatic carbocycles. The van der Waals surface area contributed by atoms with E-state index in [9.17, 15) is 0 Å². The number of nitrogens with zero attached hydrogens (tertiary/aromatic N) is 3. The Kier molecular flexibility index (Phi) is 6.36. The molecule has 9 rings (SSSR count). The molecule has 220 valence electrons. The molecule has 1 aliphatic rings. The van der Waals surface area contributed by atoms with Crippen molar-refractivity contribution in [1.29, 1.82) is 0 Å². The fraction of sp³-hybridized carbons (Fsp3) is 0.0227. The monoisotopic (exact) mass is 599 g/mol. The van der Waals surface area contributed by atoms with E-state index in [-0.39, 0.29) is 0 Å². The van der Waals surface area contributed by atoms with Crippen LogP contribution in [0.3, 0.4) is 0 Å². The normalized spacial score (nSPS) is 12.9. The van der Waals surface area contributed by atoms with Crippen LogP contribution in [0.2, 0.25) is 0 Å². The molecule has 0 bridgehead atoms. The van der Waals surface area contributed by atoms with E-state index >= 15 is 0 Å². The Morgan fingerprint density at radius 2 is 0.830 bits per heavy atom. The number of aromatic nitrogens is 3. The summed E-state index contributed by atoms with van der Waals surface area (Å²) in [4.78, 5) is 15.1. The lowest BCUT2D eigenvalue weighted by Gasteiger charge is -2.34. The summed E-state index contributed by atoms with van der Waals surface area (Å²) < 4.78 is 0. The molecule has 0 atom stereocenters. The van der Waals surface area contributed by atoms with Crippen molar-refractivity contribution >= 4 is 10.8 Å². The number of benzene rings is 7. The van der Waals surface area contributed by atoms with Crippen LogP contribution in [0, 0.1) is 0 Å². The Hall–Kier alpha value is -6.19. The van der Waals surface area contributed by atoms with Gasteiger partial charge in [-0.3, -0.25) is 0 Å². The molecule has 1 aromatic heterocycles. The molecule has 1 aliphatic carbocycles. The summed E-state index contributed by atoms with van der Waals surface area (Å²) in [5.74, 6) is 1.96. The highest BCUT2D eigenvalue weighted by Gasteiger charge is 2.47. The van der Waals surface area contributed by atoms with Crippen molar-refractivity contribution in [3.63, 3.8) is 0 Å². The molecule has 3 nitrogen and oxygen atoms in total. The third kappa shape index (κ3) is 4.32. The third-order valence-electron chi connectivity index (χ3n) is 9.39. The lowest BCUT2D eigenvalue weighted by atomic mass is 9.66. The topological polar surface area (TPSA) is 38.7 Å². The van der Waals surface area contributed by atoms with Crippen LogP contribution in [-0.4, -0.2) is 15.0 Å². The summed E-state index contributed by atoms with van der Waals surface area (Å²) >= 11 is 0. The first-order valence-electron chi connectivity index (χ1n) is 16.0. The van der Waals surface area contributed by atoms with Crippen molar-refractivity contribution in [3.05, 3.63) is 198 Å². The Morgan fingerprint density at radius 3 is 1.40 bits per heavy atom. The van der Waals surface area contributed by atoms with Crippen LogP contribution in [0.5, 0.6) is 0 Å². The van der Waals surface area contributed by atoms with Gasteiger partial charge in [-0.15, -0.1) is 0 Å². The van der Waals surface area contributed by atoms with Crippen LogP contribution in [0.4, 0.5) is 0 Å². The van der Waals surface area contributed by atoms with Gasteiger partial charge in [0.1, 0.15) is 0 Å². The van der Waals surface area contributed by atoms with E-state index in [4.69, 9.17) is 15.0 Å². The third-order valence-corrected chi connectivity index (χ3v) is 9.39. The lowest BCUT2D eigenvalue weighted by Crippen LogP contribution is -2.28. The second-order valence-corrected chi connectivity index (χ2v) is 12.0. The maximum absolute atomic E-state index is 5.07. The zero-order valence-corrected chi connectivity index (χ0v) is 25.6. The van der Waals surface area contributed by atoms with Crippen molar-refractivity contribution in [2.24, 2.45) is 0 Å². The number of fused-ring (bicyclic) bond motifs is 5. The van der Waals surface area contributed by atoms with Gasteiger partial charge in [-0.25, -0.2) is 15.0 Å². The summed E-state index contributed by atoms with van der Waals surface area (Å²) in [6, 6.07) is 62.2. The second kappa shape index (κ2) is 11.0. The van der Waals surface area contributed by atoms with Crippen molar-refractivity contribution in [3.8, 4) is 45.3 Å². The molecule has 47 heavy (non-hydrogen) atoms. The van der Waals surface area contributed by atoms with Gasteiger partial charge >= 0.3 is 0 Å². The zero-order chi connectivity index (χ0) is 31.2. The van der Waals surface area contributed by atoms with Crippen LogP contribution in [0.1, 0.15) is 22.3 Å². The van der Waals surface area contributed by atoms with Crippen LogP contribution < -0.4 is 0 Å². The van der Waals surface area contributed by atoms with Gasteiger partial charge in [-0.05, 0) is 50.2 Å². The van der Waals surface area contributed by atoms with Gasteiger partial charge in [0.2, 0.25) is 0 Å². The van der Waals surface area contributed by atoms with E-state index in [0.717, 1.165) is 16.7 Å². The van der Waals surface area contributed by atoms with Crippen LogP contribution in [-0.2, 0) is 5.41 Å². The van der Waals surface area contributed by atoms with E-state index in [0.29, 0.717) is 17.5 Å². The van der Waals surface area contributed by atoms with E-state index in [2.05, 4.69) is 115 Å². The molecule has 0 radical (unpaired) electrons. The van der Waals surface area contributed by atoms with Crippen LogP contribution in [0.15, 0.2) is 176 Å². The van der Waals surface area contributed by atoms with Gasteiger partial charge in [0.25, 0.3) is 0 Å². The fourth-order valence-corrected chi connectivity index (χ4v) is 7.35. The van der Waals surface area contributed by atoms with Gasteiger partial charge in [0.15, 0.2) is 17.5 Å². The SMILES string of the molecule is c1ccc(-c2nc(-c3ccccc3)nc(-c3ccc4ccc5c(c4c3)C(c3ccccc3)(c3ccccc3)c3ccccc3-5)n2)cc1. The molecule has 0 N–H and O–H groups in total. The average Bonchev–Trinajstić information content (AvgIpc) is 3.47. The molecule has 3 heteroatoms. The molecule has 0 saturated carbocycles. The Balaban J connectivity index is 1.35. The minimum Gasteiger partial charge on any atom is -0.208 e. The van der Waals surface area contributed by atoms with Gasteiger partial charge in [0, 0.05) is 16.7 Å². The first-order valence-corrected chi connectivity index (χ1v) is 16.0. The zero-order valence-electron chi connectivity index (χ0n) is 25.6. The first-order chi connectivity index (χ1) is 23.3. The Bertz CT molecular complexity index is 2290. The van der Waals surface area contributed by atoms with Crippen molar-refractivity contribution in [2.45, 2.75) is 5.41 Å². The highest BCUT2D eigenvalue weighted by atomic mass is 15.0. The fourth-order valence-electron chi connectivity index (χ4n) is 7.35. The minimum absolute atomic E-state index is 0.504. The summed E-state index contributed by atoms with van der Waals surface area (Å²) in [6.45, 7) is 0. The van der Waals surface area contributed by atoms with Crippen molar-refractivity contribution in [2.75, 3.05) is 0 Å². The smallest absolute Gasteiger partial charge is 0.164 e. The summed E-state index contributed by atoms with van der Waals surface area (Å²) in [5.41, 5.74) is 9.95. The Morgan fingerprint density at radius 1 is 0.362 bits per heavy atom. The minimum atomic E-state index is -0.504. The molecule has 1 heterocycles. The molecular weight excluding hydrogens is 571 g/mol. The molecule has 0 amide bonds. The maximum Gasteiger partial charge on any atom is 0.164 e. The number of hydrogen-bond donors (Lipinski definition) is 0. The van der Waals surface area contributed by atoms with E-state index in [1.807, 2.05) is 60.7 Å². The standard InChI is InChI=1S/C44H29N3/c1-5-15-31(16-6-1)41-45-42(32-17-7-2-8-18-32)47-43(46-41)33-26-25-30-27-28-37-36-23-13-14-24-39(36)44(40(37)38(30)29-33,34-19-9-3-10-20-34)35-21-11-4-12-22-35/h1-29H. The molecule has 0 unspecified atom stereocenters. The van der Waals surface area contributed by atoms with Gasteiger partial charge in [0.05, 0.1) is 5.41 Å². The highest BCUT2D eigenvalue weighted by Crippen LogP contribution is 2.58. The molecule has 0 saturated heterocycles. The molecule has 0 fully saturated rings. The van der Waals surface area contributed by atoms with E-state index in [1.54, 1.807) is 0 Å². The highest BCUT2D eigenvalue weighted by molar-refractivity contribution is 6.01. The van der Waals surface area contributed by atoms with Crippen molar-refractivity contribution < 1.29 is 0 Å². The quantitative estimate of drug-likeness (QED) is 0.198. The second-order valence-electron chi connectivity index (χ2n) is 12.0. The Labute approximate surface area is 273 Å². The van der Waals surface area contributed by atoms with Crippen LogP contribution in [0.25, 0.3) is 56.1 Å². The summed E-state index contributed by atoms with van der Waals surface area (Å²) in [5, 5.41) is 2.36. The number of hydrogen-bond acceptors (Lipinski definition) is 3. The first kappa shape index (κ1) is 27.1. The summed E-state index contributed by atoms with van der Waals surface area (Å²) in [7, 11) is 0. The predicted molar refractivity (Wildman–Crippen MR) is 191 cm³/mol. The maximum atomic E-state index is 5.07. The van der Waals surface area contributed by atoms with E-state index in [1.165, 1.54) is 44.2 Å². The van der Waals surface area contributed by atoms with E-state index < -0.39 is 5.41 Å². The van der Waals surface area contributed by atoms with Gasteiger partial charge < -0.3 is 0 Å². The molecule has 0 spiro atoms. The molecule has 0 aliphatic heterocycles. The summed E-state index contributed by atoms with van der Waals surface area (Å²) in [6.07, 6.45) is 0. The van der Waals surface area contributed by atoms with Crippen LogP contribution >= 0.6 is 0 Å². The largest absolute Gasteiger partial charge is 0.208 e. The average molecular weight is 600 g/mol.